The van der Waals surface area contributed by atoms with E-state index in [4.69, 9.17) is 0 Å². The van der Waals surface area contributed by atoms with Crippen LogP contribution < -0.4 is 29.6 Å². The molecule has 1 aliphatic heterocycles. The summed E-state index contributed by atoms with van der Waals surface area (Å²) in [4.78, 5) is 33.9. The fourth-order valence-electron chi connectivity index (χ4n) is 4.25. The van der Waals surface area contributed by atoms with Gasteiger partial charge in [-0.05, 0) is 44.0 Å². The Bertz CT molecular complexity index is 1150. The molecule has 0 radical (unpaired) electrons. The Kier molecular flexibility index (Phi) is 12.3. The van der Waals surface area contributed by atoms with Gasteiger partial charge in [-0.2, -0.15) is 10.2 Å². The summed E-state index contributed by atoms with van der Waals surface area (Å²) in [6.07, 6.45) is 7.60. The van der Waals surface area contributed by atoms with Gasteiger partial charge in [0.2, 0.25) is 0 Å². The van der Waals surface area contributed by atoms with Gasteiger partial charge in [0.25, 0.3) is 17.9 Å². The summed E-state index contributed by atoms with van der Waals surface area (Å²) in [6, 6.07) is 8.44. The van der Waals surface area contributed by atoms with Crippen LogP contribution in [0.1, 0.15) is 50.8 Å². The van der Waals surface area contributed by atoms with Crippen molar-refractivity contribution in [1.82, 2.24) is 24.9 Å². The largest absolute Gasteiger partial charge is 1.00 e. The molecule has 13 heteroatoms. The number of benzene rings is 1. The predicted molar refractivity (Wildman–Crippen MR) is 134 cm³/mol. The molecule has 0 bridgehead atoms. The summed E-state index contributed by atoms with van der Waals surface area (Å²) < 4.78 is 15.2. The van der Waals surface area contributed by atoms with Crippen molar-refractivity contribution in [3.05, 3.63) is 47.9 Å². The molecule has 4 rings (SSSR count). The third kappa shape index (κ3) is 9.96. The van der Waals surface area contributed by atoms with E-state index in [-0.39, 0.29) is 29.6 Å². The zero-order chi connectivity index (χ0) is 26.1. The van der Waals surface area contributed by atoms with E-state index in [1.54, 1.807) is 0 Å². The van der Waals surface area contributed by atoms with Gasteiger partial charge in [0.05, 0.1) is 17.4 Å². The second-order valence-corrected chi connectivity index (χ2v) is 8.83. The zero-order valence-electron chi connectivity index (χ0n) is 22.2. The Hall–Kier alpha value is -2.67. The second-order valence-electron chi connectivity index (χ2n) is 8.83. The Labute approximate surface area is 238 Å². The first-order chi connectivity index (χ1) is 17.2. The van der Waals surface area contributed by atoms with Gasteiger partial charge in [-0.15, -0.1) is 0 Å². The molecule has 0 amide bonds. The van der Waals surface area contributed by atoms with Crippen molar-refractivity contribution in [2.24, 2.45) is 7.05 Å². The van der Waals surface area contributed by atoms with Gasteiger partial charge in [0.15, 0.2) is 0 Å². The molecule has 194 valence electrons. The van der Waals surface area contributed by atoms with Gasteiger partial charge in [-0.25, -0.2) is 0 Å². The number of likely N-dealkylation sites (tertiary alicyclic amines) is 1. The molecule has 11 nitrogen and oxygen atoms in total. The summed E-state index contributed by atoms with van der Waals surface area (Å²) in [5, 5.41) is 13.3. The van der Waals surface area contributed by atoms with Crippen LogP contribution in [-0.4, -0.2) is 69.7 Å². The fraction of sp³-hybridized carbons (Fsp3) is 0.458. The zero-order valence-corrected chi connectivity index (χ0v) is 24.2. The quantitative estimate of drug-likeness (QED) is 0.376. The number of para-hydroxylation sites is 1. The number of nitrogens with zero attached hydrogens (tertiary/aromatic N) is 4. The molecule has 37 heavy (non-hydrogen) atoms. The summed E-state index contributed by atoms with van der Waals surface area (Å²) in [6.45, 7) is 6.82. The van der Waals surface area contributed by atoms with Gasteiger partial charge in [0.1, 0.15) is 0 Å². The number of nitrogens with one attached hydrogen (secondary N) is 1. The summed E-state index contributed by atoms with van der Waals surface area (Å²) >= 11 is 0. The van der Waals surface area contributed by atoms with Crippen LogP contribution in [0.2, 0.25) is 0 Å². The first-order valence-electron chi connectivity index (χ1n) is 12.0. The van der Waals surface area contributed by atoms with E-state index in [1.807, 2.05) is 17.9 Å². The average Bonchev–Trinajstić information content (AvgIpc) is 3.52. The molecule has 3 aromatic rings. The molecule has 1 aromatic carbocycles. The smallest absolute Gasteiger partial charge is 0.625 e. The van der Waals surface area contributed by atoms with Crippen molar-refractivity contribution in [1.29, 1.82) is 0 Å². The second kappa shape index (κ2) is 14.9. The van der Waals surface area contributed by atoms with Crippen LogP contribution in [-0.2, 0) is 41.8 Å². The molecule has 0 saturated carbocycles. The normalized spacial score (nSPS) is 15.0. The van der Waals surface area contributed by atoms with Crippen LogP contribution in [0.4, 0.5) is 0 Å². The molecule has 2 aromatic heterocycles. The minimum atomic E-state index is -2.41. The number of hydrogen-bond acceptors (Lipinski definition) is 9. The summed E-state index contributed by atoms with van der Waals surface area (Å²) in [5.74, 6) is -1.47. The number of hydrogen-bond donors (Lipinski definition) is 1. The van der Waals surface area contributed by atoms with Crippen LogP contribution in [0.15, 0.2) is 36.7 Å². The Morgan fingerprint density at radius 2 is 1.73 bits per heavy atom. The molecular weight excluding hydrogens is 488 g/mol. The maximum absolute atomic E-state index is 10.4. The molecule has 1 atom stereocenters. The van der Waals surface area contributed by atoms with E-state index in [0.717, 1.165) is 45.8 Å². The molecule has 1 fully saturated rings. The van der Waals surface area contributed by atoms with Gasteiger partial charge in [-0.3, -0.25) is 24.2 Å². The van der Waals surface area contributed by atoms with Crippen molar-refractivity contribution in [3.8, 4) is 0 Å². The van der Waals surface area contributed by atoms with Crippen molar-refractivity contribution in [3.63, 3.8) is 0 Å². The molecule has 3 heterocycles. The van der Waals surface area contributed by atoms with E-state index in [0.29, 0.717) is 5.92 Å². The minimum Gasteiger partial charge on any atom is -0.625 e. The number of aromatic nitrogens is 4. The van der Waals surface area contributed by atoms with Crippen LogP contribution in [0.3, 0.4) is 0 Å². The average molecular weight is 521 g/mol. The van der Waals surface area contributed by atoms with Crippen molar-refractivity contribution >= 4 is 36.1 Å². The van der Waals surface area contributed by atoms with E-state index in [2.05, 4.69) is 64.6 Å². The first kappa shape index (κ1) is 30.6. The summed E-state index contributed by atoms with van der Waals surface area (Å²) in [5.41, 5.74) is 3.73. The van der Waals surface area contributed by atoms with Gasteiger partial charge in [-0.1, -0.05) is 18.2 Å². The molecule has 1 unspecified atom stereocenters. The van der Waals surface area contributed by atoms with Gasteiger partial charge >= 0.3 is 36.9 Å². The Morgan fingerprint density at radius 1 is 1.08 bits per heavy atom. The van der Waals surface area contributed by atoms with Crippen molar-refractivity contribution in [2.45, 2.75) is 46.0 Å². The van der Waals surface area contributed by atoms with E-state index >= 15 is 0 Å². The van der Waals surface area contributed by atoms with Crippen LogP contribution >= 0.6 is 0 Å². The standard InChI is InChI=1S/C18H23N5.C6H10BO6.Na/c1-22-12-14(11-19-22)5-4-9-23-10-8-15(13-23)18-16-6-2-3-7-17(16)20-21-18;1-4(8)11-7(12-5(2)9)13-6(3)10;/h2-3,6-7,11-12,15H,4-5,8-10,13H2,1H3,(H,20,21);7H,1-3H3;/q;-1;+1. The van der Waals surface area contributed by atoms with E-state index in [1.165, 1.54) is 36.0 Å². The number of rotatable bonds is 8. The maximum atomic E-state index is 10.4. The van der Waals surface area contributed by atoms with Crippen LogP contribution in [0.25, 0.3) is 10.9 Å². The fourth-order valence-corrected chi connectivity index (χ4v) is 4.25. The molecule has 1 aliphatic rings. The Balaban J connectivity index is 0.000000299. The number of carbonyl (C=O) groups is 3. The van der Waals surface area contributed by atoms with E-state index in [9.17, 15) is 14.4 Å². The van der Waals surface area contributed by atoms with Crippen LogP contribution in [0.5, 0.6) is 0 Å². The Morgan fingerprint density at radius 3 is 2.32 bits per heavy atom. The van der Waals surface area contributed by atoms with Crippen molar-refractivity contribution in [2.75, 3.05) is 19.6 Å². The van der Waals surface area contributed by atoms with E-state index < -0.39 is 25.2 Å². The molecule has 1 N–H and O–H groups in total. The maximum Gasteiger partial charge on any atom is 1.00 e. The van der Waals surface area contributed by atoms with Crippen molar-refractivity contribution < 1.29 is 57.9 Å². The molecular formula is C24H33BN5NaO6. The third-order valence-electron chi connectivity index (χ3n) is 5.82. The summed E-state index contributed by atoms with van der Waals surface area (Å²) in [7, 11) is -0.435. The topological polar surface area (TPSA) is 129 Å². The monoisotopic (exact) mass is 521 g/mol. The minimum absolute atomic E-state index is 0. The number of carbonyl (C=O) groups excluding carboxylic acids is 3. The molecule has 1 saturated heterocycles. The number of H-pyrrole nitrogens is 1. The van der Waals surface area contributed by atoms with Crippen LogP contribution in [0, 0.1) is 0 Å². The van der Waals surface area contributed by atoms with Gasteiger partial charge < -0.3 is 18.9 Å². The first-order valence-corrected chi connectivity index (χ1v) is 12.0. The SMILES string of the molecule is CC(=O)O[BH-](OC(C)=O)OC(C)=O.Cn1cc(CCCN2CCC(c3n[nH]c4ccccc34)C2)cn1.[Na+]. The number of fused-ring (bicyclic) bond motifs is 1. The third-order valence-corrected chi connectivity index (χ3v) is 5.82. The number of aryl methyl sites for hydroxylation is 2. The molecule has 0 aliphatic carbocycles. The predicted octanol–water partition coefficient (Wildman–Crippen LogP) is -0.885. The van der Waals surface area contributed by atoms with Gasteiger partial charge in [0, 0.05) is 51.9 Å². The molecule has 0 spiro atoms. The number of aromatic amines is 1.